The first-order valence-electron chi connectivity index (χ1n) is 5.37. The number of hydrogen-bond acceptors (Lipinski definition) is 2. The molecule has 0 bridgehead atoms. The van der Waals surface area contributed by atoms with Crippen LogP contribution < -0.4 is 0 Å². The van der Waals surface area contributed by atoms with Gasteiger partial charge in [0.05, 0.1) is 16.8 Å². The maximum atomic E-state index is 12.9. The third kappa shape index (κ3) is 2.75. The molecule has 0 unspecified atom stereocenters. The van der Waals surface area contributed by atoms with Crippen LogP contribution in [0.5, 0.6) is 0 Å². The monoisotopic (exact) mass is 301 g/mol. The van der Waals surface area contributed by atoms with Gasteiger partial charge in [0.15, 0.2) is 0 Å². The number of rotatable bonds is 2. The molecule has 3 nitrogen and oxygen atoms in total. The van der Waals surface area contributed by atoms with Crippen molar-refractivity contribution in [1.29, 1.82) is 0 Å². The van der Waals surface area contributed by atoms with Crippen LogP contribution in [0.1, 0.15) is 15.9 Å². The molecule has 0 amide bonds. The molecule has 0 radical (unpaired) electrons. The van der Waals surface area contributed by atoms with Gasteiger partial charge in [0.1, 0.15) is 5.15 Å². The second kappa shape index (κ2) is 5.13. The molecule has 0 aliphatic carbocycles. The molecule has 104 valence electrons. The number of carboxylic acid groups (broad SMARTS) is 1. The maximum Gasteiger partial charge on any atom is 0.417 e. The average molecular weight is 302 g/mol. The number of carbonyl (C=O) groups is 1. The van der Waals surface area contributed by atoms with Crippen molar-refractivity contribution in [2.45, 2.75) is 6.18 Å². The lowest BCUT2D eigenvalue weighted by Gasteiger charge is -2.12. The van der Waals surface area contributed by atoms with E-state index in [2.05, 4.69) is 4.98 Å². The highest BCUT2D eigenvalue weighted by molar-refractivity contribution is 6.32. The van der Waals surface area contributed by atoms with Gasteiger partial charge in [-0.2, -0.15) is 13.2 Å². The van der Waals surface area contributed by atoms with Gasteiger partial charge in [-0.25, -0.2) is 9.78 Å². The fraction of sp³-hybridized carbons (Fsp3) is 0.0769. The average Bonchev–Trinajstić information content (AvgIpc) is 2.37. The van der Waals surface area contributed by atoms with Gasteiger partial charge < -0.3 is 5.11 Å². The quantitative estimate of drug-likeness (QED) is 0.849. The van der Waals surface area contributed by atoms with E-state index in [1.807, 2.05) is 0 Å². The first-order chi connectivity index (χ1) is 9.30. The minimum atomic E-state index is -4.53. The highest BCUT2D eigenvalue weighted by Gasteiger charge is 2.33. The van der Waals surface area contributed by atoms with Gasteiger partial charge in [-0.15, -0.1) is 0 Å². The Morgan fingerprint density at radius 1 is 1.15 bits per heavy atom. The molecule has 1 aromatic heterocycles. The molecule has 0 saturated heterocycles. The Hall–Kier alpha value is -2.08. The van der Waals surface area contributed by atoms with E-state index >= 15 is 0 Å². The predicted octanol–water partition coefficient (Wildman–Crippen LogP) is 4.12. The number of carboxylic acids is 1. The van der Waals surface area contributed by atoms with Crippen LogP contribution >= 0.6 is 11.6 Å². The smallest absolute Gasteiger partial charge is 0.417 e. The van der Waals surface area contributed by atoms with Gasteiger partial charge in [-0.05, 0) is 18.2 Å². The van der Waals surface area contributed by atoms with Crippen molar-refractivity contribution in [1.82, 2.24) is 4.98 Å². The van der Waals surface area contributed by atoms with Gasteiger partial charge in [0.25, 0.3) is 0 Å². The van der Waals surface area contributed by atoms with Crippen molar-refractivity contribution in [3.63, 3.8) is 0 Å². The molecule has 1 N–H and O–H groups in total. The molecule has 1 heterocycles. The van der Waals surface area contributed by atoms with Crippen LogP contribution in [0.4, 0.5) is 13.2 Å². The number of alkyl halides is 3. The molecule has 1 aromatic carbocycles. The summed E-state index contributed by atoms with van der Waals surface area (Å²) in [6.07, 6.45) is -4.53. The Bertz CT molecular complexity index is 671. The molecule has 20 heavy (non-hydrogen) atoms. The van der Waals surface area contributed by atoms with Crippen LogP contribution in [0.25, 0.3) is 11.3 Å². The van der Waals surface area contributed by atoms with E-state index in [-0.39, 0.29) is 22.0 Å². The van der Waals surface area contributed by atoms with Crippen LogP contribution in [0, 0.1) is 0 Å². The molecule has 0 atom stereocenters. The summed E-state index contributed by atoms with van der Waals surface area (Å²) in [6.45, 7) is 0. The number of hydrogen-bond donors (Lipinski definition) is 1. The van der Waals surface area contributed by atoms with Gasteiger partial charge in [-0.3, -0.25) is 0 Å². The molecule has 0 saturated carbocycles. The lowest BCUT2D eigenvalue weighted by molar-refractivity contribution is -0.137. The largest absolute Gasteiger partial charge is 0.478 e. The predicted molar refractivity (Wildman–Crippen MR) is 66.6 cm³/mol. The van der Waals surface area contributed by atoms with Crippen molar-refractivity contribution in [3.05, 3.63) is 52.7 Å². The number of halogens is 4. The third-order valence-electron chi connectivity index (χ3n) is 2.59. The molecule has 2 aromatic rings. The van der Waals surface area contributed by atoms with Crippen molar-refractivity contribution >= 4 is 17.6 Å². The highest BCUT2D eigenvalue weighted by atomic mass is 35.5. The molecule has 0 spiro atoms. The standard InChI is InChI=1S/C13H7ClF3NO2/c14-11-8(12(19)20)5-6-10(18-11)7-3-1-2-4-9(7)13(15,16)17/h1-6H,(H,19,20). The zero-order valence-electron chi connectivity index (χ0n) is 9.78. The summed E-state index contributed by atoms with van der Waals surface area (Å²) in [4.78, 5) is 14.5. The minimum absolute atomic E-state index is 0.0343. The third-order valence-corrected chi connectivity index (χ3v) is 2.88. The van der Waals surface area contributed by atoms with Gasteiger partial charge in [-0.1, -0.05) is 29.8 Å². The summed E-state index contributed by atoms with van der Waals surface area (Å²) in [5, 5.41) is 8.45. The van der Waals surface area contributed by atoms with E-state index in [1.165, 1.54) is 24.3 Å². The summed E-state index contributed by atoms with van der Waals surface area (Å²) in [5.74, 6) is -1.29. The van der Waals surface area contributed by atoms with Crippen LogP contribution in [-0.2, 0) is 6.18 Å². The summed E-state index contributed by atoms with van der Waals surface area (Å²) in [6, 6.07) is 7.20. The van der Waals surface area contributed by atoms with E-state index in [9.17, 15) is 18.0 Å². The molecule has 0 aliphatic rings. The van der Waals surface area contributed by atoms with Crippen molar-refractivity contribution in [3.8, 4) is 11.3 Å². The van der Waals surface area contributed by atoms with Crippen LogP contribution in [0.3, 0.4) is 0 Å². The fourth-order valence-electron chi connectivity index (χ4n) is 1.70. The summed E-state index contributed by atoms with van der Waals surface area (Å²) >= 11 is 5.67. The highest BCUT2D eigenvalue weighted by Crippen LogP contribution is 2.36. The Labute approximate surface area is 116 Å². The van der Waals surface area contributed by atoms with E-state index in [1.54, 1.807) is 0 Å². The van der Waals surface area contributed by atoms with Crippen molar-refractivity contribution in [2.75, 3.05) is 0 Å². The lowest BCUT2D eigenvalue weighted by Crippen LogP contribution is -2.08. The van der Waals surface area contributed by atoms with E-state index in [4.69, 9.17) is 16.7 Å². The number of aromatic carboxylic acids is 1. The fourth-order valence-corrected chi connectivity index (χ4v) is 1.93. The number of aromatic nitrogens is 1. The minimum Gasteiger partial charge on any atom is -0.478 e. The van der Waals surface area contributed by atoms with Crippen LogP contribution in [0.15, 0.2) is 36.4 Å². The first-order valence-corrected chi connectivity index (χ1v) is 5.75. The van der Waals surface area contributed by atoms with Crippen LogP contribution in [0.2, 0.25) is 5.15 Å². The Morgan fingerprint density at radius 3 is 2.35 bits per heavy atom. The molecular formula is C13H7ClF3NO2. The molecule has 0 fully saturated rings. The zero-order chi connectivity index (χ0) is 14.9. The van der Waals surface area contributed by atoms with E-state index < -0.39 is 17.7 Å². The van der Waals surface area contributed by atoms with Crippen LogP contribution in [-0.4, -0.2) is 16.1 Å². The summed E-state index contributed by atoms with van der Waals surface area (Å²) in [7, 11) is 0. The second-order valence-electron chi connectivity index (χ2n) is 3.88. The van der Waals surface area contributed by atoms with Crippen molar-refractivity contribution < 1.29 is 23.1 Å². The number of benzene rings is 1. The normalized spacial score (nSPS) is 11.4. The molecular weight excluding hydrogens is 295 g/mol. The van der Waals surface area contributed by atoms with Crippen molar-refractivity contribution in [2.24, 2.45) is 0 Å². The number of nitrogens with zero attached hydrogens (tertiary/aromatic N) is 1. The number of pyridine rings is 1. The maximum absolute atomic E-state index is 12.9. The molecule has 0 aliphatic heterocycles. The second-order valence-corrected chi connectivity index (χ2v) is 4.24. The topological polar surface area (TPSA) is 50.2 Å². The van der Waals surface area contributed by atoms with E-state index in [0.717, 1.165) is 12.1 Å². The Balaban J connectivity index is 2.59. The van der Waals surface area contributed by atoms with E-state index in [0.29, 0.717) is 0 Å². The summed E-state index contributed by atoms with van der Waals surface area (Å²) < 4.78 is 38.7. The lowest BCUT2D eigenvalue weighted by atomic mass is 10.0. The molecule has 2 rings (SSSR count). The Morgan fingerprint density at radius 2 is 1.80 bits per heavy atom. The Kier molecular flexibility index (Phi) is 3.67. The van der Waals surface area contributed by atoms with Gasteiger partial charge in [0.2, 0.25) is 0 Å². The van der Waals surface area contributed by atoms with Gasteiger partial charge >= 0.3 is 12.1 Å². The summed E-state index contributed by atoms with van der Waals surface area (Å²) in [5.41, 5.74) is -1.31. The molecule has 7 heteroatoms. The zero-order valence-corrected chi connectivity index (χ0v) is 10.5. The SMILES string of the molecule is O=C(O)c1ccc(-c2ccccc2C(F)(F)F)nc1Cl. The first kappa shape index (κ1) is 14.3. The van der Waals surface area contributed by atoms with Gasteiger partial charge in [0, 0.05) is 5.56 Å².